The topological polar surface area (TPSA) is 102 Å². The van der Waals surface area contributed by atoms with E-state index in [2.05, 4.69) is 10.3 Å². The quantitative estimate of drug-likeness (QED) is 0.836. The summed E-state index contributed by atoms with van der Waals surface area (Å²) < 4.78 is 21.9. The summed E-state index contributed by atoms with van der Waals surface area (Å²) >= 11 is 5.71. The second-order valence-electron chi connectivity index (χ2n) is 4.30. The molecule has 0 spiro atoms. The third-order valence-electron chi connectivity index (χ3n) is 2.53. The molecule has 0 unspecified atom stereocenters. The molecular weight excluding hydrogens is 314 g/mol. The minimum atomic E-state index is -3.57. The molecule has 21 heavy (non-hydrogen) atoms. The molecule has 0 aliphatic rings. The highest BCUT2D eigenvalue weighted by atomic mass is 35.5. The molecule has 0 saturated carbocycles. The number of halogens is 1. The monoisotopic (exact) mass is 325 g/mol. The van der Waals surface area contributed by atoms with E-state index in [1.807, 2.05) is 0 Å². The molecule has 1 aromatic carbocycles. The zero-order valence-electron chi connectivity index (χ0n) is 10.8. The van der Waals surface area contributed by atoms with E-state index in [1.54, 1.807) is 36.4 Å². The smallest absolute Gasteiger partial charge is 0.274 e. The lowest BCUT2D eigenvalue weighted by Gasteiger charge is -2.06. The number of nitrogens with zero attached hydrogens (tertiary/aromatic N) is 1. The summed E-state index contributed by atoms with van der Waals surface area (Å²) in [6.45, 7) is 0. The molecule has 0 atom stereocenters. The number of hydrogen-bond donors (Lipinski definition) is 2. The Morgan fingerprint density at radius 2 is 1.86 bits per heavy atom. The van der Waals surface area contributed by atoms with Crippen LogP contribution in [0, 0.1) is 0 Å². The predicted molar refractivity (Wildman–Crippen MR) is 80.5 cm³/mol. The van der Waals surface area contributed by atoms with Crippen molar-refractivity contribution >= 4 is 33.2 Å². The summed E-state index contributed by atoms with van der Waals surface area (Å²) in [6.07, 6.45) is 0. The molecule has 6 nitrogen and oxygen atoms in total. The van der Waals surface area contributed by atoms with Crippen molar-refractivity contribution in [2.75, 3.05) is 5.32 Å². The van der Waals surface area contributed by atoms with Crippen LogP contribution in [0.2, 0.25) is 5.15 Å². The number of amides is 1. The van der Waals surface area contributed by atoms with Crippen LogP contribution in [0.25, 0.3) is 0 Å². The van der Waals surface area contributed by atoms with E-state index in [1.165, 1.54) is 6.07 Å². The van der Waals surface area contributed by atoms with E-state index >= 15 is 0 Å². The number of pyridine rings is 1. The van der Waals surface area contributed by atoms with Crippen LogP contribution >= 0.6 is 11.6 Å². The van der Waals surface area contributed by atoms with Gasteiger partial charge in [0.15, 0.2) is 0 Å². The average molecular weight is 326 g/mol. The van der Waals surface area contributed by atoms with Gasteiger partial charge in [-0.1, -0.05) is 29.8 Å². The van der Waals surface area contributed by atoms with E-state index in [0.717, 1.165) is 0 Å². The summed E-state index contributed by atoms with van der Waals surface area (Å²) in [5.41, 5.74) is 1.24. The van der Waals surface area contributed by atoms with Crippen LogP contribution in [-0.4, -0.2) is 19.3 Å². The SMILES string of the molecule is NS(=O)(=O)Cc1ccc(NC(=O)c2cccc(Cl)n2)cc1. The fourth-order valence-electron chi connectivity index (χ4n) is 1.65. The molecule has 110 valence electrons. The standard InChI is InChI=1S/C13H12ClN3O3S/c14-12-3-1-2-11(17-12)13(18)16-10-6-4-9(5-7-10)8-21(15,19)20/h1-7H,8H2,(H,16,18)(H2,15,19,20). The van der Waals surface area contributed by atoms with Gasteiger partial charge in [-0.3, -0.25) is 4.79 Å². The third kappa shape index (κ3) is 4.82. The maximum absolute atomic E-state index is 11.9. The molecule has 1 heterocycles. The van der Waals surface area contributed by atoms with E-state index < -0.39 is 15.9 Å². The summed E-state index contributed by atoms with van der Waals surface area (Å²) in [7, 11) is -3.57. The molecule has 0 radical (unpaired) electrons. The van der Waals surface area contributed by atoms with Gasteiger partial charge in [0.1, 0.15) is 10.8 Å². The molecule has 0 aliphatic heterocycles. The Bertz CT molecular complexity index is 760. The van der Waals surface area contributed by atoms with E-state index in [-0.39, 0.29) is 16.6 Å². The fourth-order valence-corrected chi connectivity index (χ4v) is 2.47. The minimum absolute atomic E-state index is 0.191. The van der Waals surface area contributed by atoms with Gasteiger partial charge in [0, 0.05) is 5.69 Å². The number of carbonyl (C=O) groups excluding carboxylic acids is 1. The molecule has 1 aromatic heterocycles. The van der Waals surface area contributed by atoms with Gasteiger partial charge in [-0.25, -0.2) is 18.5 Å². The normalized spacial score (nSPS) is 11.1. The number of nitrogens with one attached hydrogen (secondary N) is 1. The molecular formula is C13H12ClN3O3S. The van der Waals surface area contributed by atoms with Gasteiger partial charge in [0.05, 0.1) is 5.75 Å². The Hall–Kier alpha value is -1.96. The first-order valence-electron chi connectivity index (χ1n) is 5.87. The van der Waals surface area contributed by atoms with Gasteiger partial charge in [-0.2, -0.15) is 0 Å². The molecule has 2 aromatic rings. The van der Waals surface area contributed by atoms with Crippen molar-refractivity contribution in [3.8, 4) is 0 Å². The van der Waals surface area contributed by atoms with E-state index in [4.69, 9.17) is 16.7 Å². The molecule has 0 saturated heterocycles. The Morgan fingerprint density at radius 3 is 2.43 bits per heavy atom. The van der Waals surface area contributed by atoms with E-state index in [0.29, 0.717) is 11.3 Å². The van der Waals surface area contributed by atoms with Gasteiger partial charge in [0.2, 0.25) is 10.0 Å². The summed E-state index contributed by atoms with van der Waals surface area (Å²) in [6, 6.07) is 11.1. The summed E-state index contributed by atoms with van der Waals surface area (Å²) in [5, 5.41) is 7.82. The largest absolute Gasteiger partial charge is 0.321 e. The van der Waals surface area contributed by atoms with Crippen molar-refractivity contribution in [2.45, 2.75) is 5.75 Å². The lowest BCUT2D eigenvalue weighted by molar-refractivity contribution is 0.102. The summed E-state index contributed by atoms with van der Waals surface area (Å²) in [4.78, 5) is 15.8. The number of anilines is 1. The number of hydrogen-bond acceptors (Lipinski definition) is 4. The number of rotatable bonds is 4. The molecule has 0 aliphatic carbocycles. The number of sulfonamides is 1. The number of carbonyl (C=O) groups is 1. The maximum atomic E-state index is 11.9. The van der Waals surface area contributed by atoms with Crippen LogP contribution in [0.5, 0.6) is 0 Å². The zero-order valence-corrected chi connectivity index (χ0v) is 12.4. The molecule has 2 rings (SSSR count). The van der Waals surface area contributed by atoms with Gasteiger partial charge in [-0.05, 0) is 29.8 Å². The van der Waals surface area contributed by atoms with Crippen molar-refractivity contribution in [3.63, 3.8) is 0 Å². The lowest BCUT2D eigenvalue weighted by atomic mass is 10.2. The Labute approximate surface area is 127 Å². The summed E-state index contributed by atoms with van der Waals surface area (Å²) in [5.74, 6) is -0.659. The highest BCUT2D eigenvalue weighted by Crippen LogP contribution is 2.13. The Balaban J connectivity index is 2.08. The zero-order chi connectivity index (χ0) is 15.5. The molecule has 0 fully saturated rings. The average Bonchev–Trinajstić information content (AvgIpc) is 2.39. The first-order valence-corrected chi connectivity index (χ1v) is 7.96. The highest BCUT2D eigenvalue weighted by molar-refractivity contribution is 7.88. The van der Waals surface area contributed by atoms with Crippen LogP contribution in [0.15, 0.2) is 42.5 Å². The van der Waals surface area contributed by atoms with Crippen LogP contribution in [-0.2, 0) is 15.8 Å². The molecule has 0 bridgehead atoms. The van der Waals surface area contributed by atoms with Crippen LogP contribution in [0.1, 0.15) is 16.1 Å². The van der Waals surface area contributed by atoms with Gasteiger partial charge < -0.3 is 5.32 Å². The molecule has 3 N–H and O–H groups in total. The number of aromatic nitrogens is 1. The van der Waals surface area contributed by atoms with Crippen LogP contribution in [0.4, 0.5) is 5.69 Å². The van der Waals surface area contributed by atoms with Crippen LogP contribution in [0.3, 0.4) is 0 Å². The Morgan fingerprint density at radius 1 is 1.19 bits per heavy atom. The fraction of sp³-hybridized carbons (Fsp3) is 0.0769. The molecule has 1 amide bonds. The van der Waals surface area contributed by atoms with Gasteiger partial charge in [-0.15, -0.1) is 0 Å². The van der Waals surface area contributed by atoms with Crippen molar-refractivity contribution in [2.24, 2.45) is 5.14 Å². The first-order chi connectivity index (χ1) is 9.83. The third-order valence-corrected chi connectivity index (χ3v) is 3.47. The van der Waals surface area contributed by atoms with Gasteiger partial charge >= 0.3 is 0 Å². The number of benzene rings is 1. The lowest BCUT2D eigenvalue weighted by Crippen LogP contribution is -2.15. The van der Waals surface area contributed by atoms with Crippen molar-refractivity contribution in [1.29, 1.82) is 0 Å². The van der Waals surface area contributed by atoms with Crippen molar-refractivity contribution in [1.82, 2.24) is 4.98 Å². The van der Waals surface area contributed by atoms with E-state index in [9.17, 15) is 13.2 Å². The second-order valence-corrected chi connectivity index (χ2v) is 6.31. The van der Waals surface area contributed by atoms with Crippen molar-refractivity contribution < 1.29 is 13.2 Å². The highest BCUT2D eigenvalue weighted by Gasteiger charge is 2.09. The minimum Gasteiger partial charge on any atom is -0.321 e. The second kappa shape index (κ2) is 6.21. The molecule has 8 heteroatoms. The van der Waals surface area contributed by atoms with Crippen LogP contribution < -0.4 is 10.5 Å². The predicted octanol–water partition coefficient (Wildman–Crippen LogP) is 1.78. The Kier molecular flexibility index (Phi) is 4.56. The number of nitrogens with two attached hydrogens (primary N) is 1. The van der Waals surface area contributed by atoms with Gasteiger partial charge in [0.25, 0.3) is 5.91 Å². The van der Waals surface area contributed by atoms with Crippen molar-refractivity contribution in [3.05, 3.63) is 58.9 Å². The first kappa shape index (κ1) is 15.4. The number of primary sulfonamides is 1. The maximum Gasteiger partial charge on any atom is 0.274 e.